The summed E-state index contributed by atoms with van der Waals surface area (Å²) in [4.78, 5) is 23.4. The molecule has 2 aliphatic carbocycles. The van der Waals surface area contributed by atoms with E-state index in [1.54, 1.807) is 13.0 Å². The maximum Gasteiger partial charge on any atom is 0.338 e. The highest BCUT2D eigenvalue weighted by Crippen LogP contribution is 2.48. The van der Waals surface area contributed by atoms with Gasteiger partial charge in [-0.3, -0.25) is 0 Å². The Morgan fingerprint density at radius 3 is 2.77 bits per heavy atom. The number of esters is 2. The van der Waals surface area contributed by atoms with Gasteiger partial charge in [-0.05, 0) is 44.6 Å². The summed E-state index contributed by atoms with van der Waals surface area (Å²) in [5, 5.41) is 0. The molecule has 3 atom stereocenters. The van der Waals surface area contributed by atoms with Crippen LogP contribution in [0.4, 0.5) is 0 Å². The molecule has 0 spiro atoms. The van der Waals surface area contributed by atoms with E-state index in [0.29, 0.717) is 11.1 Å². The smallest absolute Gasteiger partial charge is 0.338 e. The highest BCUT2D eigenvalue weighted by atomic mass is 16.7. The van der Waals surface area contributed by atoms with Gasteiger partial charge in [-0.25, -0.2) is 9.59 Å². The molecule has 5 heteroatoms. The van der Waals surface area contributed by atoms with Crippen LogP contribution < -0.4 is 0 Å². The van der Waals surface area contributed by atoms with Gasteiger partial charge in [0.25, 0.3) is 6.29 Å². The number of hydrogen-bond acceptors (Lipinski definition) is 5. The lowest BCUT2D eigenvalue weighted by molar-refractivity contribution is -0.152. The van der Waals surface area contributed by atoms with E-state index in [4.69, 9.17) is 14.2 Å². The zero-order valence-electron chi connectivity index (χ0n) is 12.5. The number of carbonyl (C=O) groups is 2. The van der Waals surface area contributed by atoms with Crippen LogP contribution in [0.2, 0.25) is 0 Å². The fourth-order valence-corrected chi connectivity index (χ4v) is 3.79. The van der Waals surface area contributed by atoms with Crippen LogP contribution >= 0.6 is 0 Å². The third kappa shape index (κ3) is 2.07. The van der Waals surface area contributed by atoms with Crippen molar-refractivity contribution in [2.75, 3.05) is 0 Å². The van der Waals surface area contributed by atoms with E-state index in [9.17, 15) is 9.59 Å². The fraction of sp³-hybridized carbons (Fsp3) is 0.529. The van der Waals surface area contributed by atoms with Crippen LogP contribution in [0.3, 0.4) is 0 Å². The molecule has 4 aliphatic rings. The molecule has 1 saturated heterocycles. The normalized spacial score (nSPS) is 35.2. The molecule has 0 aromatic rings. The van der Waals surface area contributed by atoms with Crippen molar-refractivity contribution in [3.63, 3.8) is 0 Å². The Bertz CT molecular complexity index is 639. The lowest BCUT2D eigenvalue weighted by Gasteiger charge is -2.17. The van der Waals surface area contributed by atoms with Crippen molar-refractivity contribution in [3.8, 4) is 0 Å². The first-order valence-electron chi connectivity index (χ1n) is 7.80. The van der Waals surface area contributed by atoms with E-state index in [1.807, 2.05) is 0 Å². The first-order valence-corrected chi connectivity index (χ1v) is 7.80. The first-order chi connectivity index (χ1) is 10.6. The topological polar surface area (TPSA) is 61.8 Å². The van der Waals surface area contributed by atoms with Gasteiger partial charge < -0.3 is 14.2 Å². The largest absolute Gasteiger partial charge is 0.458 e. The van der Waals surface area contributed by atoms with Gasteiger partial charge in [0.1, 0.15) is 6.10 Å². The minimum Gasteiger partial charge on any atom is -0.458 e. The van der Waals surface area contributed by atoms with Crippen LogP contribution in [-0.4, -0.2) is 24.3 Å². The Balaban J connectivity index is 1.50. The zero-order chi connectivity index (χ0) is 15.3. The fourth-order valence-electron chi connectivity index (χ4n) is 3.79. The molecule has 0 bridgehead atoms. The second-order valence-corrected chi connectivity index (χ2v) is 6.31. The van der Waals surface area contributed by atoms with Crippen LogP contribution in [0.25, 0.3) is 0 Å². The van der Waals surface area contributed by atoms with E-state index >= 15 is 0 Å². The Morgan fingerprint density at radius 2 is 2.00 bits per heavy atom. The van der Waals surface area contributed by atoms with Crippen molar-refractivity contribution >= 4 is 11.9 Å². The van der Waals surface area contributed by atoms with Gasteiger partial charge >= 0.3 is 11.9 Å². The maximum absolute atomic E-state index is 12.1. The van der Waals surface area contributed by atoms with E-state index in [2.05, 4.69) is 0 Å². The molecule has 0 saturated carbocycles. The number of hydrogen-bond donors (Lipinski definition) is 0. The van der Waals surface area contributed by atoms with E-state index in [1.165, 1.54) is 30.2 Å². The van der Waals surface area contributed by atoms with Crippen LogP contribution in [0.15, 0.2) is 34.6 Å². The minimum atomic E-state index is -0.740. The van der Waals surface area contributed by atoms with E-state index < -0.39 is 6.29 Å². The predicted molar refractivity (Wildman–Crippen MR) is 76.3 cm³/mol. The first kappa shape index (κ1) is 13.6. The summed E-state index contributed by atoms with van der Waals surface area (Å²) in [6.07, 6.45) is 7.66. The van der Waals surface area contributed by atoms with Crippen LogP contribution in [-0.2, 0) is 23.8 Å². The Kier molecular flexibility index (Phi) is 3.10. The number of ether oxygens (including phenoxy) is 3. The van der Waals surface area contributed by atoms with Crippen molar-refractivity contribution in [2.45, 2.75) is 51.4 Å². The minimum absolute atomic E-state index is 0.0674. The third-order valence-corrected chi connectivity index (χ3v) is 4.93. The van der Waals surface area contributed by atoms with Gasteiger partial charge in [-0.2, -0.15) is 0 Å². The molecule has 4 rings (SSSR count). The van der Waals surface area contributed by atoms with Crippen molar-refractivity contribution in [2.24, 2.45) is 5.92 Å². The molecule has 2 heterocycles. The Labute approximate surface area is 128 Å². The van der Waals surface area contributed by atoms with Crippen LogP contribution in [0.5, 0.6) is 0 Å². The summed E-state index contributed by atoms with van der Waals surface area (Å²) < 4.78 is 16.0. The Morgan fingerprint density at radius 1 is 1.18 bits per heavy atom. The maximum atomic E-state index is 12.1. The number of cyclic esters (lactones) is 1. The summed E-state index contributed by atoms with van der Waals surface area (Å²) in [6.45, 7) is 1.67. The molecule has 1 fully saturated rings. The van der Waals surface area contributed by atoms with Crippen LogP contribution in [0, 0.1) is 5.92 Å². The van der Waals surface area contributed by atoms with Gasteiger partial charge in [-0.15, -0.1) is 0 Å². The molecule has 116 valence electrons. The lowest BCUT2D eigenvalue weighted by atomic mass is 9.93. The van der Waals surface area contributed by atoms with Gasteiger partial charge in [-0.1, -0.05) is 5.57 Å². The summed E-state index contributed by atoms with van der Waals surface area (Å²) in [5.41, 5.74) is 3.88. The van der Waals surface area contributed by atoms with Gasteiger partial charge in [0.05, 0.1) is 11.8 Å². The molecule has 22 heavy (non-hydrogen) atoms. The second-order valence-electron chi connectivity index (χ2n) is 6.31. The molecule has 0 unspecified atom stereocenters. The van der Waals surface area contributed by atoms with Gasteiger partial charge in [0.15, 0.2) is 0 Å². The van der Waals surface area contributed by atoms with Crippen molar-refractivity contribution in [1.82, 2.24) is 0 Å². The van der Waals surface area contributed by atoms with Crippen LogP contribution in [0.1, 0.15) is 39.0 Å². The molecule has 5 nitrogen and oxygen atoms in total. The molecule has 0 aromatic heterocycles. The highest BCUT2D eigenvalue weighted by molar-refractivity contribution is 5.92. The summed E-state index contributed by atoms with van der Waals surface area (Å²) in [7, 11) is 0. The third-order valence-electron chi connectivity index (χ3n) is 4.93. The summed E-state index contributed by atoms with van der Waals surface area (Å²) in [5.74, 6) is -0.622. The van der Waals surface area contributed by atoms with Crippen molar-refractivity contribution in [1.29, 1.82) is 0 Å². The van der Waals surface area contributed by atoms with E-state index in [-0.39, 0.29) is 24.0 Å². The van der Waals surface area contributed by atoms with Gasteiger partial charge in [0, 0.05) is 17.6 Å². The molecular formula is C17H18O5. The summed E-state index contributed by atoms with van der Waals surface area (Å²) in [6, 6.07) is 0. The standard InChI is InChI=1S/C17H18O5/c1-9-6-14(21-16(9)18)20-8-13-12-7-10-4-2-3-5-11(10)15(12)22-17(13)19/h6,8,12,14-15H,2-5,7H2,1H3/b13-8+/t12-,14+,15-/m0/s1. The van der Waals surface area contributed by atoms with Crippen molar-refractivity contribution < 1.29 is 23.8 Å². The predicted octanol–water partition coefficient (Wildman–Crippen LogP) is 2.53. The molecule has 0 aromatic carbocycles. The molecule has 0 amide bonds. The number of fused-ring (bicyclic) bond motifs is 2. The zero-order valence-corrected chi connectivity index (χ0v) is 12.5. The average Bonchev–Trinajstić information content (AvgIpc) is 3.10. The monoisotopic (exact) mass is 302 g/mol. The number of rotatable bonds is 2. The molecule has 2 aliphatic heterocycles. The molecule has 0 radical (unpaired) electrons. The number of allylic oxidation sites excluding steroid dienone is 1. The van der Waals surface area contributed by atoms with Gasteiger partial charge in [0.2, 0.25) is 0 Å². The molecular weight excluding hydrogens is 284 g/mol. The average molecular weight is 302 g/mol. The van der Waals surface area contributed by atoms with E-state index in [0.717, 1.165) is 19.3 Å². The molecule has 0 N–H and O–H groups in total. The Hall–Kier alpha value is -2.04. The van der Waals surface area contributed by atoms with Crippen molar-refractivity contribution in [3.05, 3.63) is 34.6 Å². The SMILES string of the molecule is CC1=C[C@H](O/C=C2/C(=O)O[C@H]3C4=C(CCCC4)C[C@@H]23)OC1=O. The highest BCUT2D eigenvalue weighted by Gasteiger charge is 2.47. The second kappa shape index (κ2) is 5.00. The lowest BCUT2D eigenvalue weighted by Crippen LogP contribution is -2.14. The summed E-state index contributed by atoms with van der Waals surface area (Å²) >= 11 is 0. The number of carbonyl (C=O) groups excluding carboxylic acids is 2. The quantitative estimate of drug-likeness (QED) is 0.339.